The monoisotopic (exact) mass is 265 g/mol. The highest BCUT2D eigenvalue weighted by Gasteiger charge is 2.10. The van der Waals surface area contributed by atoms with E-state index in [0.29, 0.717) is 0 Å². The van der Waals surface area contributed by atoms with E-state index in [1.807, 2.05) is 32.0 Å². The molecular weight excluding hydrogens is 246 g/mol. The van der Waals surface area contributed by atoms with Gasteiger partial charge >= 0.3 is 0 Å². The number of ketones is 1. The van der Waals surface area contributed by atoms with E-state index in [9.17, 15) is 4.79 Å². The molecule has 0 atom stereocenters. The first-order valence-electron chi connectivity index (χ1n) is 5.86. The number of benzene rings is 1. The van der Waals surface area contributed by atoms with Crippen molar-refractivity contribution in [3.05, 3.63) is 29.2 Å². The highest BCUT2D eigenvalue weighted by molar-refractivity contribution is 8.03. The number of hydrogen-bond acceptors (Lipinski definition) is 4. The zero-order valence-electron chi connectivity index (χ0n) is 11.2. The van der Waals surface area contributed by atoms with E-state index in [2.05, 4.69) is 5.32 Å². The number of hydrogen-bond donors (Lipinski definition) is 1. The molecule has 18 heavy (non-hydrogen) atoms. The quantitative estimate of drug-likeness (QED) is 0.628. The van der Waals surface area contributed by atoms with Gasteiger partial charge in [-0.25, -0.2) is 0 Å². The predicted molar refractivity (Wildman–Crippen MR) is 77.5 cm³/mol. The molecule has 0 amide bonds. The van der Waals surface area contributed by atoms with Gasteiger partial charge in [0.1, 0.15) is 5.75 Å². The summed E-state index contributed by atoms with van der Waals surface area (Å²) in [5, 5.41) is 3.30. The summed E-state index contributed by atoms with van der Waals surface area (Å²) in [7, 11) is 1.65. The van der Waals surface area contributed by atoms with Crippen LogP contribution in [0.3, 0.4) is 0 Å². The first kappa shape index (κ1) is 14.6. The Morgan fingerprint density at radius 3 is 2.72 bits per heavy atom. The Bertz CT molecular complexity index is 455. The van der Waals surface area contributed by atoms with Gasteiger partial charge in [-0.1, -0.05) is 17.8 Å². The predicted octanol–water partition coefficient (Wildman–Crippen LogP) is 3.71. The van der Waals surface area contributed by atoms with Crippen LogP contribution in [0.15, 0.2) is 34.1 Å². The highest BCUT2D eigenvalue weighted by Crippen LogP contribution is 2.39. The standard InChI is InChI=1S/C14H19NO2S/c1-5-15-12-7-6-8-13(17-4)14(12)18-11(3)9-10(2)16/h6-9,15H,5H2,1-4H3/b11-9-. The summed E-state index contributed by atoms with van der Waals surface area (Å²) >= 11 is 1.54. The average Bonchev–Trinajstić information content (AvgIpc) is 2.30. The Labute approximate surface area is 113 Å². The summed E-state index contributed by atoms with van der Waals surface area (Å²) in [4.78, 5) is 13.0. The first-order chi connectivity index (χ1) is 8.58. The SMILES string of the molecule is CCNc1cccc(OC)c1S/C(C)=C\C(C)=O. The van der Waals surface area contributed by atoms with Crippen LogP contribution in [0.5, 0.6) is 5.75 Å². The van der Waals surface area contributed by atoms with Gasteiger partial charge in [0.15, 0.2) is 5.78 Å². The van der Waals surface area contributed by atoms with Gasteiger partial charge in [0.05, 0.1) is 17.7 Å². The van der Waals surface area contributed by atoms with Crippen molar-refractivity contribution in [3.8, 4) is 5.75 Å². The van der Waals surface area contributed by atoms with Crippen LogP contribution in [-0.4, -0.2) is 19.4 Å². The molecule has 1 rings (SSSR count). The van der Waals surface area contributed by atoms with E-state index >= 15 is 0 Å². The van der Waals surface area contributed by atoms with Crippen molar-refractivity contribution in [1.29, 1.82) is 0 Å². The molecule has 0 radical (unpaired) electrons. The average molecular weight is 265 g/mol. The van der Waals surface area contributed by atoms with Crippen LogP contribution in [0.4, 0.5) is 5.69 Å². The second-order valence-corrected chi connectivity index (χ2v) is 5.09. The number of methoxy groups -OCH3 is 1. The van der Waals surface area contributed by atoms with Gasteiger partial charge in [0.2, 0.25) is 0 Å². The fourth-order valence-electron chi connectivity index (χ4n) is 1.59. The van der Waals surface area contributed by atoms with Crippen LogP contribution in [0.1, 0.15) is 20.8 Å². The van der Waals surface area contributed by atoms with Gasteiger partial charge in [0.25, 0.3) is 0 Å². The maximum Gasteiger partial charge on any atom is 0.153 e. The lowest BCUT2D eigenvalue weighted by atomic mass is 10.3. The number of nitrogens with one attached hydrogen (secondary N) is 1. The molecule has 0 bridgehead atoms. The number of carbonyl (C=O) groups excluding carboxylic acids is 1. The molecule has 1 N–H and O–H groups in total. The second kappa shape index (κ2) is 7.11. The van der Waals surface area contributed by atoms with Crippen molar-refractivity contribution in [1.82, 2.24) is 0 Å². The van der Waals surface area contributed by atoms with Crippen LogP contribution >= 0.6 is 11.8 Å². The Morgan fingerprint density at radius 2 is 2.17 bits per heavy atom. The molecule has 0 fully saturated rings. The summed E-state index contributed by atoms with van der Waals surface area (Å²) in [6, 6.07) is 5.88. The van der Waals surface area contributed by atoms with E-state index in [1.165, 1.54) is 0 Å². The molecule has 0 aliphatic heterocycles. The molecule has 1 aromatic rings. The molecule has 4 heteroatoms. The van der Waals surface area contributed by atoms with Crippen molar-refractivity contribution in [2.24, 2.45) is 0 Å². The van der Waals surface area contributed by atoms with Crippen molar-refractivity contribution in [3.63, 3.8) is 0 Å². The molecule has 0 aliphatic rings. The lowest BCUT2D eigenvalue weighted by Gasteiger charge is -2.14. The number of anilines is 1. The lowest BCUT2D eigenvalue weighted by Crippen LogP contribution is -1.99. The number of allylic oxidation sites excluding steroid dienone is 2. The van der Waals surface area contributed by atoms with Crippen LogP contribution in [0.2, 0.25) is 0 Å². The van der Waals surface area contributed by atoms with Crippen molar-refractivity contribution in [2.45, 2.75) is 25.7 Å². The smallest absolute Gasteiger partial charge is 0.153 e. The van der Waals surface area contributed by atoms with E-state index in [1.54, 1.807) is 31.9 Å². The Morgan fingerprint density at radius 1 is 1.44 bits per heavy atom. The molecular formula is C14H19NO2S. The second-order valence-electron chi connectivity index (χ2n) is 3.83. The molecule has 0 aliphatic carbocycles. The van der Waals surface area contributed by atoms with Crippen LogP contribution in [-0.2, 0) is 4.79 Å². The molecule has 1 aromatic carbocycles. The minimum Gasteiger partial charge on any atom is -0.495 e. The summed E-state index contributed by atoms with van der Waals surface area (Å²) in [6.45, 7) is 6.37. The van der Waals surface area contributed by atoms with Gasteiger partial charge < -0.3 is 10.1 Å². The minimum absolute atomic E-state index is 0.0555. The van der Waals surface area contributed by atoms with Crippen LogP contribution in [0, 0.1) is 0 Å². The fraction of sp³-hybridized carbons (Fsp3) is 0.357. The van der Waals surface area contributed by atoms with Gasteiger partial charge in [0, 0.05) is 6.54 Å². The number of rotatable bonds is 6. The molecule has 0 aromatic heterocycles. The maximum atomic E-state index is 11.1. The Hall–Kier alpha value is -1.42. The molecule has 0 spiro atoms. The van der Waals surface area contributed by atoms with Crippen molar-refractivity contribution in [2.75, 3.05) is 19.0 Å². The zero-order chi connectivity index (χ0) is 13.5. The van der Waals surface area contributed by atoms with Crippen LogP contribution in [0.25, 0.3) is 0 Å². The lowest BCUT2D eigenvalue weighted by molar-refractivity contribution is -0.112. The summed E-state index contributed by atoms with van der Waals surface area (Å²) in [6.07, 6.45) is 1.63. The largest absolute Gasteiger partial charge is 0.495 e. The van der Waals surface area contributed by atoms with E-state index in [0.717, 1.165) is 27.8 Å². The fourth-order valence-corrected chi connectivity index (χ4v) is 2.64. The first-order valence-corrected chi connectivity index (χ1v) is 6.67. The molecule has 0 saturated heterocycles. The molecule has 3 nitrogen and oxygen atoms in total. The van der Waals surface area contributed by atoms with E-state index in [4.69, 9.17) is 4.74 Å². The number of thioether (sulfide) groups is 1. The highest BCUT2D eigenvalue weighted by atomic mass is 32.2. The minimum atomic E-state index is 0.0555. The molecule has 0 heterocycles. The summed E-state index contributed by atoms with van der Waals surface area (Å²) in [5.41, 5.74) is 1.03. The summed E-state index contributed by atoms with van der Waals surface area (Å²) in [5.74, 6) is 0.870. The van der Waals surface area contributed by atoms with Crippen LogP contribution < -0.4 is 10.1 Å². The third kappa shape index (κ3) is 4.11. The molecule has 0 saturated carbocycles. The van der Waals surface area contributed by atoms with Crippen molar-refractivity contribution < 1.29 is 9.53 Å². The third-order valence-electron chi connectivity index (χ3n) is 2.24. The normalized spacial score (nSPS) is 11.2. The Kier molecular flexibility index (Phi) is 5.78. The zero-order valence-corrected chi connectivity index (χ0v) is 12.1. The molecule has 98 valence electrons. The maximum absolute atomic E-state index is 11.1. The third-order valence-corrected chi connectivity index (χ3v) is 3.30. The van der Waals surface area contributed by atoms with E-state index in [-0.39, 0.29) is 5.78 Å². The Balaban J connectivity index is 3.07. The van der Waals surface area contributed by atoms with Gasteiger partial charge in [-0.15, -0.1) is 0 Å². The number of carbonyl (C=O) groups is 1. The van der Waals surface area contributed by atoms with Gasteiger partial charge in [-0.3, -0.25) is 4.79 Å². The molecule has 0 unspecified atom stereocenters. The van der Waals surface area contributed by atoms with Gasteiger partial charge in [-0.05, 0) is 43.9 Å². The van der Waals surface area contributed by atoms with Crippen molar-refractivity contribution >= 4 is 23.2 Å². The van der Waals surface area contributed by atoms with Gasteiger partial charge in [-0.2, -0.15) is 0 Å². The summed E-state index contributed by atoms with van der Waals surface area (Å²) < 4.78 is 5.37. The topological polar surface area (TPSA) is 38.3 Å². The number of ether oxygens (including phenoxy) is 1. The van der Waals surface area contributed by atoms with E-state index < -0.39 is 0 Å².